The Labute approximate surface area is 236 Å². The van der Waals surface area contributed by atoms with Crippen LogP contribution in [0.3, 0.4) is 0 Å². The number of benzene rings is 2. The lowest BCUT2D eigenvalue weighted by Crippen LogP contribution is -2.37. The van der Waals surface area contributed by atoms with Crippen molar-refractivity contribution in [1.82, 2.24) is 14.8 Å². The molecule has 1 aliphatic carbocycles. The van der Waals surface area contributed by atoms with Gasteiger partial charge < -0.3 is 4.74 Å². The lowest BCUT2D eigenvalue weighted by molar-refractivity contribution is 0.0374. The average Bonchev–Trinajstić information content (AvgIpc) is 2.98. The first-order chi connectivity index (χ1) is 19.1. The lowest BCUT2D eigenvalue weighted by atomic mass is 9.86. The standard InChI is InChI=1S/C35H47N3O/c1-5-27-13-9-14-28(6-2)35(27)33-24-30(16-11-19-38-20-22-39-23-21-38)32(26(3)36-33)25-37(4)34-18-10-15-29-12-7-8-17-31(29)34/h7-9,12-14,17,24,34H,5-6,10-11,15-16,18-23,25H2,1-4H3/t34-/m0/s1. The van der Waals surface area contributed by atoms with Gasteiger partial charge in [-0.1, -0.05) is 56.3 Å². The molecule has 1 saturated heterocycles. The zero-order valence-corrected chi connectivity index (χ0v) is 24.6. The van der Waals surface area contributed by atoms with Crippen LogP contribution in [0.4, 0.5) is 0 Å². The van der Waals surface area contributed by atoms with Crippen molar-refractivity contribution in [2.45, 2.75) is 78.3 Å². The third-order valence-corrected chi connectivity index (χ3v) is 8.98. The molecule has 2 aromatic carbocycles. The van der Waals surface area contributed by atoms with Crippen LogP contribution >= 0.6 is 0 Å². The summed E-state index contributed by atoms with van der Waals surface area (Å²) < 4.78 is 5.58. The molecule has 2 aliphatic rings. The molecule has 3 aromatic rings. The van der Waals surface area contributed by atoms with Crippen LogP contribution in [0.1, 0.15) is 78.2 Å². The number of pyridine rings is 1. The van der Waals surface area contributed by atoms with Crippen molar-refractivity contribution in [2.24, 2.45) is 0 Å². The summed E-state index contributed by atoms with van der Waals surface area (Å²) >= 11 is 0. The van der Waals surface area contributed by atoms with Crippen molar-refractivity contribution in [3.63, 3.8) is 0 Å². The van der Waals surface area contributed by atoms with Crippen molar-refractivity contribution < 1.29 is 4.74 Å². The van der Waals surface area contributed by atoms with Crippen molar-refractivity contribution in [3.05, 3.63) is 87.6 Å². The first kappa shape index (κ1) is 28.0. The Balaban J connectivity index is 1.46. The van der Waals surface area contributed by atoms with Gasteiger partial charge >= 0.3 is 0 Å². The maximum absolute atomic E-state index is 5.58. The number of nitrogens with zero attached hydrogens (tertiary/aromatic N) is 3. The van der Waals surface area contributed by atoms with Crippen LogP contribution in [0.15, 0.2) is 48.5 Å². The average molecular weight is 526 g/mol. The molecule has 208 valence electrons. The summed E-state index contributed by atoms with van der Waals surface area (Å²) in [4.78, 5) is 10.5. The molecule has 4 heteroatoms. The third-order valence-electron chi connectivity index (χ3n) is 8.98. The molecule has 0 spiro atoms. The predicted octanol–water partition coefficient (Wildman–Crippen LogP) is 6.96. The molecule has 2 heterocycles. The summed E-state index contributed by atoms with van der Waals surface area (Å²) in [6.45, 7) is 12.7. The molecule has 1 atom stereocenters. The summed E-state index contributed by atoms with van der Waals surface area (Å²) in [7, 11) is 2.32. The van der Waals surface area contributed by atoms with Gasteiger partial charge in [-0.05, 0) is 105 Å². The minimum atomic E-state index is 0.475. The van der Waals surface area contributed by atoms with Gasteiger partial charge in [0.15, 0.2) is 0 Å². The van der Waals surface area contributed by atoms with Gasteiger partial charge in [0, 0.05) is 36.9 Å². The zero-order valence-electron chi connectivity index (χ0n) is 24.6. The Morgan fingerprint density at radius 2 is 1.72 bits per heavy atom. The molecule has 1 aromatic heterocycles. The third kappa shape index (κ3) is 6.45. The summed E-state index contributed by atoms with van der Waals surface area (Å²) in [5.74, 6) is 0. The van der Waals surface area contributed by atoms with Crippen LogP contribution in [0, 0.1) is 6.92 Å². The SMILES string of the molecule is CCc1cccc(CC)c1-c1cc(CCCN2CCOCC2)c(CN(C)[C@H]2CCCc3ccccc32)c(C)n1. The van der Waals surface area contributed by atoms with Crippen LogP contribution in [0.2, 0.25) is 0 Å². The fraction of sp³-hybridized carbons (Fsp3) is 0.514. The molecule has 0 radical (unpaired) electrons. The molecule has 39 heavy (non-hydrogen) atoms. The topological polar surface area (TPSA) is 28.6 Å². The molecule has 0 saturated carbocycles. The minimum Gasteiger partial charge on any atom is -0.379 e. The van der Waals surface area contributed by atoms with E-state index in [2.05, 4.69) is 86.1 Å². The first-order valence-corrected chi connectivity index (χ1v) is 15.3. The van der Waals surface area contributed by atoms with E-state index in [1.165, 1.54) is 70.3 Å². The van der Waals surface area contributed by atoms with E-state index in [1.807, 2.05) is 0 Å². The highest BCUT2D eigenvalue weighted by atomic mass is 16.5. The molecule has 0 unspecified atom stereocenters. The van der Waals surface area contributed by atoms with Crippen LogP contribution in [-0.2, 0) is 37.0 Å². The van der Waals surface area contributed by atoms with E-state index in [4.69, 9.17) is 9.72 Å². The largest absolute Gasteiger partial charge is 0.379 e. The number of rotatable bonds is 10. The highest BCUT2D eigenvalue weighted by molar-refractivity contribution is 5.69. The Bertz CT molecular complexity index is 1220. The number of hydrogen-bond acceptors (Lipinski definition) is 4. The maximum Gasteiger partial charge on any atom is 0.0713 e. The van der Waals surface area contributed by atoms with Crippen LogP contribution in [-0.4, -0.2) is 54.7 Å². The van der Waals surface area contributed by atoms with E-state index in [9.17, 15) is 0 Å². The summed E-state index contributed by atoms with van der Waals surface area (Å²) in [6.07, 6.45) is 8.02. The normalized spacial score (nSPS) is 17.9. The van der Waals surface area contributed by atoms with Crippen LogP contribution in [0.25, 0.3) is 11.3 Å². The van der Waals surface area contributed by atoms with Crippen molar-refractivity contribution >= 4 is 0 Å². The highest BCUT2D eigenvalue weighted by Gasteiger charge is 2.25. The molecule has 1 fully saturated rings. The number of morpholine rings is 1. The predicted molar refractivity (Wildman–Crippen MR) is 162 cm³/mol. The van der Waals surface area contributed by atoms with Gasteiger partial charge in [-0.3, -0.25) is 14.8 Å². The number of ether oxygens (including phenoxy) is 1. The number of hydrogen-bond donors (Lipinski definition) is 0. The zero-order chi connectivity index (χ0) is 27.2. The maximum atomic E-state index is 5.58. The molecule has 0 bridgehead atoms. The molecular weight excluding hydrogens is 478 g/mol. The van der Waals surface area contributed by atoms with E-state index < -0.39 is 0 Å². The van der Waals surface area contributed by atoms with Gasteiger partial charge in [0.05, 0.1) is 18.9 Å². The summed E-state index contributed by atoms with van der Waals surface area (Å²) in [6, 6.07) is 18.8. The summed E-state index contributed by atoms with van der Waals surface area (Å²) in [5.41, 5.74) is 12.5. The van der Waals surface area contributed by atoms with Crippen molar-refractivity contribution in [2.75, 3.05) is 39.9 Å². The number of aromatic nitrogens is 1. The number of aryl methyl sites for hydroxylation is 5. The second kappa shape index (κ2) is 13.2. The molecule has 0 N–H and O–H groups in total. The second-order valence-electron chi connectivity index (χ2n) is 11.5. The smallest absolute Gasteiger partial charge is 0.0713 e. The van der Waals surface area contributed by atoms with E-state index >= 15 is 0 Å². The Morgan fingerprint density at radius 3 is 2.46 bits per heavy atom. The highest BCUT2D eigenvalue weighted by Crippen LogP contribution is 2.36. The molecule has 0 amide bonds. The van der Waals surface area contributed by atoms with E-state index in [0.29, 0.717) is 6.04 Å². The second-order valence-corrected chi connectivity index (χ2v) is 11.5. The lowest BCUT2D eigenvalue weighted by Gasteiger charge is -2.34. The van der Waals surface area contributed by atoms with Crippen molar-refractivity contribution in [1.29, 1.82) is 0 Å². The molecular formula is C35H47N3O. The minimum absolute atomic E-state index is 0.475. The summed E-state index contributed by atoms with van der Waals surface area (Å²) in [5, 5.41) is 0. The Morgan fingerprint density at radius 1 is 0.974 bits per heavy atom. The monoisotopic (exact) mass is 525 g/mol. The van der Waals surface area contributed by atoms with Crippen LogP contribution in [0.5, 0.6) is 0 Å². The Hall–Kier alpha value is -2.53. The van der Waals surface area contributed by atoms with Crippen LogP contribution < -0.4 is 0 Å². The fourth-order valence-corrected chi connectivity index (χ4v) is 6.77. The molecule has 1 aliphatic heterocycles. The van der Waals surface area contributed by atoms with Gasteiger partial charge in [0.2, 0.25) is 0 Å². The van der Waals surface area contributed by atoms with E-state index in [1.54, 1.807) is 0 Å². The van der Waals surface area contributed by atoms with Crippen molar-refractivity contribution in [3.8, 4) is 11.3 Å². The van der Waals surface area contributed by atoms with E-state index in [-0.39, 0.29) is 0 Å². The van der Waals surface area contributed by atoms with Gasteiger partial charge in [-0.25, -0.2) is 0 Å². The van der Waals surface area contributed by atoms with Gasteiger partial charge in [-0.2, -0.15) is 0 Å². The van der Waals surface area contributed by atoms with Gasteiger partial charge in [-0.15, -0.1) is 0 Å². The fourth-order valence-electron chi connectivity index (χ4n) is 6.77. The first-order valence-electron chi connectivity index (χ1n) is 15.3. The molecule has 4 nitrogen and oxygen atoms in total. The number of fused-ring (bicyclic) bond motifs is 1. The van der Waals surface area contributed by atoms with Gasteiger partial charge in [0.1, 0.15) is 0 Å². The molecule has 5 rings (SSSR count). The van der Waals surface area contributed by atoms with E-state index in [0.717, 1.165) is 64.3 Å². The van der Waals surface area contributed by atoms with Gasteiger partial charge in [0.25, 0.3) is 0 Å². The quantitative estimate of drug-likeness (QED) is 0.286. The Kier molecular flexibility index (Phi) is 9.49.